The summed E-state index contributed by atoms with van der Waals surface area (Å²) in [6, 6.07) is 15.9. The highest BCUT2D eigenvalue weighted by molar-refractivity contribution is 8.26. The lowest BCUT2D eigenvalue weighted by atomic mass is 10.2. The molecular formula is C18H14ClNOS3. The van der Waals surface area contributed by atoms with Gasteiger partial charge in [0.25, 0.3) is 5.91 Å². The summed E-state index contributed by atoms with van der Waals surface area (Å²) in [4.78, 5) is 16.8. The Labute approximate surface area is 160 Å². The standard InChI is InChI=1S/C18H14ClNOS3/c1-2-20-17(21)16(24-18(20)22)11-12-3-7-14(8-4-12)23-15-9-5-13(19)6-10-15/h3-11H,2H2,1H3/b16-11-. The van der Waals surface area contributed by atoms with Crippen LogP contribution in [0.2, 0.25) is 5.02 Å². The maximum atomic E-state index is 12.2. The van der Waals surface area contributed by atoms with E-state index in [1.807, 2.05) is 61.5 Å². The SMILES string of the molecule is CCN1C(=O)/C(=C/c2ccc(Sc3ccc(Cl)cc3)cc2)SC1=S. The van der Waals surface area contributed by atoms with E-state index in [2.05, 4.69) is 0 Å². The monoisotopic (exact) mass is 391 g/mol. The molecule has 1 heterocycles. The molecule has 24 heavy (non-hydrogen) atoms. The Morgan fingerprint density at radius 3 is 2.25 bits per heavy atom. The van der Waals surface area contributed by atoms with Crippen LogP contribution in [0.1, 0.15) is 12.5 Å². The highest BCUT2D eigenvalue weighted by Gasteiger charge is 2.30. The van der Waals surface area contributed by atoms with Crippen molar-refractivity contribution in [1.29, 1.82) is 0 Å². The van der Waals surface area contributed by atoms with E-state index in [1.165, 1.54) is 11.8 Å². The van der Waals surface area contributed by atoms with E-state index in [-0.39, 0.29) is 5.91 Å². The number of thiocarbonyl (C=S) groups is 1. The van der Waals surface area contributed by atoms with Crippen molar-refractivity contribution in [2.24, 2.45) is 0 Å². The fourth-order valence-electron chi connectivity index (χ4n) is 2.19. The molecule has 0 radical (unpaired) electrons. The van der Waals surface area contributed by atoms with Gasteiger partial charge in [0.05, 0.1) is 4.91 Å². The zero-order chi connectivity index (χ0) is 17.1. The molecule has 122 valence electrons. The molecule has 1 aliphatic heterocycles. The maximum Gasteiger partial charge on any atom is 0.266 e. The van der Waals surface area contributed by atoms with Gasteiger partial charge in [-0.15, -0.1) is 0 Å². The van der Waals surface area contributed by atoms with Crippen molar-refractivity contribution in [2.75, 3.05) is 6.54 Å². The average molecular weight is 392 g/mol. The van der Waals surface area contributed by atoms with Crippen LogP contribution in [0.5, 0.6) is 0 Å². The predicted molar refractivity (Wildman–Crippen MR) is 108 cm³/mol. The Balaban J connectivity index is 1.73. The quantitative estimate of drug-likeness (QED) is 0.491. The molecule has 2 nitrogen and oxygen atoms in total. The molecule has 1 fully saturated rings. The first-order valence-electron chi connectivity index (χ1n) is 7.35. The number of rotatable bonds is 4. The number of halogens is 1. The Hall–Kier alpha value is -1.27. The van der Waals surface area contributed by atoms with Gasteiger partial charge in [0.1, 0.15) is 4.32 Å². The van der Waals surface area contributed by atoms with Gasteiger partial charge in [0.15, 0.2) is 0 Å². The van der Waals surface area contributed by atoms with E-state index in [0.29, 0.717) is 15.8 Å². The number of amides is 1. The van der Waals surface area contributed by atoms with E-state index < -0.39 is 0 Å². The minimum Gasteiger partial charge on any atom is -0.293 e. The van der Waals surface area contributed by atoms with Gasteiger partial charge in [0.2, 0.25) is 0 Å². The lowest BCUT2D eigenvalue weighted by Gasteiger charge is -2.09. The van der Waals surface area contributed by atoms with Gasteiger partial charge in [-0.1, -0.05) is 59.5 Å². The number of hydrogen-bond acceptors (Lipinski definition) is 4. The summed E-state index contributed by atoms with van der Waals surface area (Å²) in [5.74, 6) is -0.00730. The third kappa shape index (κ3) is 4.03. The Bertz CT molecular complexity index is 800. The van der Waals surface area contributed by atoms with Crippen molar-refractivity contribution in [3.8, 4) is 0 Å². The topological polar surface area (TPSA) is 20.3 Å². The second-order valence-electron chi connectivity index (χ2n) is 5.05. The molecule has 1 amide bonds. The molecular weight excluding hydrogens is 378 g/mol. The van der Waals surface area contributed by atoms with Gasteiger partial charge in [-0.05, 0) is 55.0 Å². The molecule has 6 heteroatoms. The highest BCUT2D eigenvalue weighted by Crippen LogP contribution is 2.33. The molecule has 1 aliphatic rings. The molecule has 0 aromatic heterocycles. The first-order chi connectivity index (χ1) is 11.6. The number of likely N-dealkylation sites (N-methyl/N-ethyl adjacent to an activating group) is 1. The molecule has 0 N–H and O–H groups in total. The fraction of sp³-hybridized carbons (Fsp3) is 0.111. The second-order valence-corrected chi connectivity index (χ2v) is 8.31. The molecule has 0 spiro atoms. The van der Waals surface area contributed by atoms with Gasteiger partial charge >= 0.3 is 0 Å². The lowest BCUT2D eigenvalue weighted by Crippen LogP contribution is -2.27. The molecule has 0 saturated carbocycles. The largest absolute Gasteiger partial charge is 0.293 e. The minimum atomic E-state index is -0.00730. The molecule has 3 rings (SSSR count). The van der Waals surface area contributed by atoms with Crippen molar-refractivity contribution in [3.63, 3.8) is 0 Å². The van der Waals surface area contributed by atoms with Gasteiger partial charge in [0, 0.05) is 21.4 Å². The van der Waals surface area contributed by atoms with Gasteiger partial charge in [-0.2, -0.15) is 0 Å². The summed E-state index contributed by atoms with van der Waals surface area (Å²) in [6.45, 7) is 2.54. The summed E-state index contributed by atoms with van der Waals surface area (Å²) < 4.78 is 0.628. The molecule has 0 atom stereocenters. The first-order valence-corrected chi connectivity index (χ1v) is 9.77. The van der Waals surface area contributed by atoms with E-state index in [1.54, 1.807) is 16.7 Å². The normalized spacial score (nSPS) is 16.2. The fourth-order valence-corrected chi connectivity index (χ4v) is 4.52. The van der Waals surface area contributed by atoms with E-state index in [0.717, 1.165) is 20.4 Å². The van der Waals surface area contributed by atoms with Crippen LogP contribution < -0.4 is 0 Å². The molecule has 0 bridgehead atoms. The Morgan fingerprint density at radius 2 is 1.71 bits per heavy atom. The number of carbonyl (C=O) groups excluding carboxylic acids is 1. The molecule has 2 aromatic carbocycles. The van der Waals surface area contributed by atoms with Crippen LogP contribution in [-0.2, 0) is 4.79 Å². The number of benzene rings is 2. The number of nitrogens with zero attached hydrogens (tertiary/aromatic N) is 1. The zero-order valence-corrected chi connectivity index (χ0v) is 16.1. The zero-order valence-electron chi connectivity index (χ0n) is 12.9. The Kier molecular flexibility index (Phi) is 5.66. The van der Waals surface area contributed by atoms with Gasteiger partial charge in [-0.3, -0.25) is 9.69 Å². The van der Waals surface area contributed by atoms with Crippen molar-refractivity contribution < 1.29 is 4.79 Å². The highest BCUT2D eigenvalue weighted by atomic mass is 35.5. The van der Waals surface area contributed by atoms with Crippen molar-refractivity contribution >= 4 is 63.6 Å². The predicted octanol–water partition coefficient (Wildman–Crippen LogP) is 5.71. The van der Waals surface area contributed by atoms with Gasteiger partial charge < -0.3 is 0 Å². The van der Waals surface area contributed by atoms with Crippen LogP contribution in [0.4, 0.5) is 0 Å². The smallest absolute Gasteiger partial charge is 0.266 e. The van der Waals surface area contributed by atoms with Crippen LogP contribution in [0, 0.1) is 0 Å². The number of carbonyl (C=O) groups is 1. The summed E-state index contributed by atoms with van der Waals surface area (Å²) >= 11 is 14.2. The molecule has 1 saturated heterocycles. The van der Waals surface area contributed by atoms with Crippen LogP contribution in [0.3, 0.4) is 0 Å². The van der Waals surface area contributed by atoms with Crippen LogP contribution >= 0.6 is 47.3 Å². The summed E-state index contributed by atoms with van der Waals surface area (Å²) in [7, 11) is 0. The van der Waals surface area contributed by atoms with E-state index in [9.17, 15) is 4.79 Å². The van der Waals surface area contributed by atoms with Crippen molar-refractivity contribution in [1.82, 2.24) is 4.90 Å². The number of thioether (sulfide) groups is 1. The second kappa shape index (κ2) is 7.74. The average Bonchev–Trinajstić information content (AvgIpc) is 2.85. The summed E-state index contributed by atoms with van der Waals surface area (Å²) in [5.41, 5.74) is 0.993. The maximum absolute atomic E-state index is 12.2. The van der Waals surface area contributed by atoms with E-state index >= 15 is 0 Å². The van der Waals surface area contributed by atoms with Crippen LogP contribution in [0.15, 0.2) is 63.2 Å². The summed E-state index contributed by atoms with van der Waals surface area (Å²) in [5, 5.41) is 0.735. The van der Waals surface area contributed by atoms with Crippen LogP contribution in [0.25, 0.3) is 6.08 Å². The van der Waals surface area contributed by atoms with Gasteiger partial charge in [-0.25, -0.2) is 0 Å². The third-order valence-electron chi connectivity index (χ3n) is 3.42. The van der Waals surface area contributed by atoms with Crippen molar-refractivity contribution in [3.05, 3.63) is 64.0 Å². The van der Waals surface area contributed by atoms with Crippen LogP contribution in [-0.4, -0.2) is 21.7 Å². The Morgan fingerprint density at radius 1 is 1.12 bits per heavy atom. The number of hydrogen-bond donors (Lipinski definition) is 0. The van der Waals surface area contributed by atoms with E-state index in [4.69, 9.17) is 23.8 Å². The third-order valence-corrected chi connectivity index (χ3v) is 6.06. The van der Waals surface area contributed by atoms with Crippen molar-refractivity contribution in [2.45, 2.75) is 16.7 Å². The molecule has 0 aliphatic carbocycles. The minimum absolute atomic E-state index is 0.00730. The first kappa shape index (κ1) is 17.5. The summed E-state index contributed by atoms with van der Waals surface area (Å²) in [6.07, 6.45) is 1.89. The molecule has 2 aromatic rings. The molecule has 0 unspecified atom stereocenters. The lowest BCUT2D eigenvalue weighted by molar-refractivity contribution is -0.121.